The van der Waals surface area contributed by atoms with Gasteiger partial charge in [-0.1, -0.05) is 6.07 Å². The summed E-state index contributed by atoms with van der Waals surface area (Å²) in [6.07, 6.45) is -3.12. The predicted octanol–water partition coefficient (Wildman–Crippen LogP) is 5.36. The van der Waals surface area contributed by atoms with Crippen LogP contribution in [0.2, 0.25) is 0 Å². The predicted molar refractivity (Wildman–Crippen MR) is 194 cm³/mol. The van der Waals surface area contributed by atoms with Crippen molar-refractivity contribution in [1.29, 1.82) is 0 Å². The second-order valence-corrected chi connectivity index (χ2v) is 12.2. The topological polar surface area (TPSA) is 183 Å². The quantitative estimate of drug-likeness (QED) is 0.0397. The first-order valence-corrected chi connectivity index (χ1v) is 18.5. The van der Waals surface area contributed by atoms with Crippen molar-refractivity contribution in [2.24, 2.45) is 21.7 Å². The molecule has 0 radical (unpaired) electrons. The molecule has 1 atom stereocenters. The summed E-state index contributed by atoms with van der Waals surface area (Å²) in [6.45, 7) is 7.04. The second kappa shape index (κ2) is 17.4. The zero-order chi connectivity index (χ0) is 35.6. The van der Waals surface area contributed by atoms with E-state index in [1.165, 1.54) is 25.1 Å². The van der Waals surface area contributed by atoms with Crippen molar-refractivity contribution in [2.75, 3.05) is 56.2 Å². The number of carbonyl (C=O) groups is 1. The number of aliphatic hydroxyl groups excluding tert-OH is 1. The van der Waals surface area contributed by atoms with Gasteiger partial charge in [0.1, 0.15) is 17.3 Å². The highest BCUT2D eigenvalue weighted by molar-refractivity contribution is 14.2. The van der Waals surface area contributed by atoms with Crippen LogP contribution in [0.1, 0.15) is 41.4 Å². The Balaban J connectivity index is 0.00000307. The number of hydrazine groups is 1. The number of likely N-dealkylation sites (tertiary alicyclic amines) is 1. The number of pyridine rings is 2. The number of para-hydroxylation sites is 1. The highest BCUT2D eigenvalue weighted by atomic mass is 127. The van der Waals surface area contributed by atoms with Gasteiger partial charge in [-0.25, -0.2) is 20.9 Å². The third-order valence-electron chi connectivity index (χ3n) is 6.88. The maximum atomic E-state index is 14.2. The highest BCUT2D eigenvalue weighted by Gasteiger charge is 2.39. The Morgan fingerprint density at radius 1 is 1.15 bits per heavy atom. The number of hydrogen-bond acceptors (Lipinski definition) is 12. The van der Waals surface area contributed by atoms with Gasteiger partial charge in [0.05, 0.1) is 29.6 Å². The largest absolute Gasteiger partial charge is 0.494 e. The number of halogens is 4. The molecular weight excluding hydrogens is 765 g/mol. The Hall–Kier alpha value is -4.00. The first-order valence-electron chi connectivity index (χ1n) is 14.4. The van der Waals surface area contributed by atoms with E-state index in [0.29, 0.717) is 53.8 Å². The Morgan fingerprint density at radius 3 is 2.40 bits per heavy atom. The molecule has 0 bridgehead atoms. The van der Waals surface area contributed by atoms with E-state index in [2.05, 4.69) is 59.5 Å². The zero-order valence-corrected chi connectivity index (χ0v) is 29.9. The lowest BCUT2D eigenvalue weighted by molar-refractivity contribution is -0.141. The summed E-state index contributed by atoms with van der Waals surface area (Å²) in [5.74, 6) is 5.85. The van der Waals surface area contributed by atoms with Crippen molar-refractivity contribution < 1.29 is 27.8 Å². The van der Waals surface area contributed by atoms with Crippen LogP contribution in [0.4, 0.5) is 47.7 Å². The number of hydrazone groups is 1. The molecule has 1 aliphatic rings. The number of amidine groups is 1. The number of hydrogen-bond donors (Lipinski definition) is 5. The molecule has 260 valence electrons. The number of nitrogens with two attached hydrogens (primary N) is 2. The van der Waals surface area contributed by atoms with E-state index in [1.54, 1.807) is 24.3 Å². The van der Waals surface area contributed by atoms with Crippen LogP contribution in [0.25, 0.3) is 0 Å². The number of methoxy groups -OCH3 is 1. The lowest BCUT2D eigenvalue weighted by atomic mass is 10.1. The number of carbonyl (C=O) groups excluding carboxylic acids is 1. The number of rotatable bonds is 12. The SMILES string of the molecule is C=Nc1c(Nc2cccc(/C(N)=N/N(C)N)c2OC)cc(Nc2ccc(C(=O)N3CCCC3)c(C(F)(F)F)n2)nc1N(CC)PI.CO. The van der Waals surface area contributed by atoms with E-state index >= 15 is 0 Å². The molecular formula is C29H38F3IN11O3P. The Bertz CT molecular complexity index is 1620. The summed E-state index contributed by atoms with van der Waals surface area (Å²) in [6, 6.07) is 9.22. The first kappa shape index (κ1) is 38.4. The average Bonchev–Trinajstić information content (AvgIpc) is 3.60. The van der Waals surface area contributed by atoms with Crippen LogP contribution < -0.4 is 31.6 Å². The van der Waals surface area contributed by atoms with Crippen LogP contribution in [-0.2, 0) is 6.18 Å². The van der Waals surface area contributed by atoms with Gasteiger partial charge < -0.3 is 35.8 Å². The zero-order valence-electron chi connectivity index (χ0n) is 26.8. The number of anilines is 5. The van der Waals surface area contributed by atoms with E-state index in [1.807, 2.05) is 11.6 Å². The molecule has 0 aliphatic carbocycles. The minimum atomic E-state index is -4.86. The minimum absolute atomic E-state index is 0.104. The number of nitrogens with one attached hydrogen (secondary N) is 2. The number of aliphatic imine (C=N–C) groups is 1. The number of ether oxygens (including phenoxy) is 1. The summed E-state index contributed by atoms with van der Waals surface area (Å²) in [4.78, 5) is 27.1. The van der Waals surface area contributed by atoms with Gasteiger partial charge in [-0.05, 0) is 72.8 Å². The van der Waals surface area contributed by atoms with Crippen molar-refractivity contribution in [3.8, 4) is 5.75 Å². The number of alkyl halides is 3. The average molecular weight is 804 g/mol. The van der Waals surface area contributed by atoms with Crippen molar-refractivity contribution >= 4 is 81.4 Å². The summed E-state index contributed by atoms with van der Waals surface area (Å²) in [7, 11) is 3.99. The standard InChI is InChI=1S/C28H34F3IN11O2P.CH4O/c1-5-43(46-32)26-22(35-2)19(36-18-10-8-9-16(23(18)45-4)25(33)40-41(3)34)15-21(39-26)37-20-12-11-17(24(38-20)28(29,30)31)27(44)42-13-6-7-14-42;1-2/h8-12,15,46H,2,5-7,13-14,34H2,1,3-4H3,(H2,33,40)(H2,36,37,38,39);2H,1H3. The van der Waals surface area contributed by atoms with Crippen LogP contribution in [0, 0.1) is 0 Å². The van der Waals surface area contributed by atoms with Gasteiger partial charge in [-0.2, -0.15) is 13.2 Å². The lowest BCUT2D eigenvalue weighted by Gasteiger charge is -2.24. The molecule has 1 fully saturated rings. The summed E-state index contributed by atoms with van der Waals surface area (Å²) in [5.41, 5.74) is 6.13. The Labute approximate surface area is 291 Å². The van der Waals surface area contributed by atoms with Crippen LogP contribution >= 0.6 is 28.4 Å². The van der Waals surface area contributed by atoms with Crippen molar-refractivity contribution in [1.82, 2.24) is 20.0 Å². The summed E-state index contributed by atoms with van der Waals surface area (Å²) >= 11 is 2.20. The molecule has 1 unspecified atom stereocenters. The van der Waals surface area contributed by atoms with Gasteiger partial charge in [0.15, 0.2) is 23.1 Å². The van der Waals surface area contributed by atoms with Gasteiger partial charge in [0.2, 0.25) is 0 Å². The molecule has 4 rings (SSSR count). The Kier molecular flexibility index (Phi) is 13.9. The molecule has 0 spiro atoms. The van der Waals surface area contributed by atoms with Crippen molar-refractivity contribution in [2.45, 2.75) is 25.9 Å². The fourth-order valence-corrected chi connectivity index (χ4v) is 6.91. The Morgan fingerprint density at radius 2 is 1.83 bits per heavy atom. The third-order valence-corrected chi connectivity index (χ3v) is 9.36. The van der Waals surface area contributed by atoms with Crippen LogP contribution in [0.5, 0.6) is 5.75 Å². The smallest absolute Gasteiger partial charge is 0.434 e. The molecule has 19 heteroatoms. The fourth-order valence-electron chi connectivity index (χ4n) is 4.84. The van der Waals surface area contributed by atoms with Crippen LogP contribution in [0.15, 0.2) is 46.5 Å². The summed E-state index contributed by atoms with van der Waals surface area (Å²) < 4.78 is 50.1. The molecule has 1 saturated heterocycles. The molecule has 7 N–H and O–H groups in total. The second-order valence-electron chi connectivity index (χ2n) is 10.00. The van der Waals surface area contributed by atoms with Gasteiger partial charge in [0, 0.05) is 46.2 Å². The number of aliphatic hydroxyl groups is 1. The molecule has 1 aliphatic heterocycles. The van der Waals surface area contributed by atoms with Crippen molar-refractivity contribution in [3.63, 3.8) is 0 Å². The monoisotopic (exact) mass is 803 g/mol. The molecule has 48 heavy (non-hydrogen) atoms. The fraction of sp³-hybridized carbons (Fsp3) is 0.345. The summed E-state index contributed by atoms with van der Waals surface area (Å²) in [5, 5.41) is 18.3. The van der Waals surface area contributed by atoms with Gasteiger partial charge >= 0.3 is 6.18 Å². The van der Waals surface area contributed by atoms with Gasteiger partial charge in [0.25, 0.3) is 5.91 Å². The molecule has 3 heterocycles. The highest BCUT2D eigenvalue weighted by Crippen LogP contribution is 2.45. The lowest BCUT2D eigenvalue weighted by Crippen LogP contribution is -2.30. The molecule has 2 aromatic heterocycles. The van der Waals surface area contributed by atoms with Gasteiger partial charge in [-0.3, -0.25) is 9.79 Å². The van der Waals surface area contributed by atoms with Crippen LogP contribution in [-0.4, -0.2) is 84.5 Å². The third kappa shape index (κ3) is 9.12. The maximum Gasteiger partial charge on any atom is 0.434 e. The molecule has 1 amide bonds. The normalized spacial score (nSPS) is 13.2. The number of amides is 1. The van der Waals surface area contributed by atoms with E-state index in [9.17, 15) is 18.0 Å². The van der Waals surface area contributed by atoms with E-state index < -0.39 is 23.3 Å². The first-order chi connectivity index (χ1) is 22.9. The molecule has 14 nitrogen and oxygen atoms in total. The minimum Gasteiger partial charge on any atom is -0.494 e. The van der Waals surface area contributed by atoms with Gasteiger partial charge in [-0.15, -0.1) is 5.10 Å². The van der Waals surface area contributed by atoms with E-state index in [4.69, 9.17) is 21.4 Å². The van der Waals surface area contributed by atoms with Crippen molar-refractivity contribution in [3.05, 3.63) is 53.2 Å². The number of aromatic nitrogens is 2. The molecule has 0 saturated carbocycles. The molecule has 3 aromatic rings. The number of benzene rings is 1. The number of nitrogens with zero attached hydrogens (tertiary/aromatic N) is 7. The van der Waals surface area contributed by atoms with Crippen LogP contribution in [0.3, 0.4) is 0 Å². The maximum absolute atomic E-state index is 14.2. The molecule has 1 aromatic carbocycles. The van der Waals surface area contributed by atoms with E-state index in [-0.39, 0.29) is 23.8 Å². The van der Waals surface area contributed by atoms with E-state index in [0.717, 1.165) is 31.1 Å².